The summed E-state index contributed by atoms with van der Waals surface area (Å²) in [6.07, 6.45) is 1.82. The van der Waals surface area contributed by atoms with E-state index in [4.69, 9.17) is 4.74 Å². The number of Topliss-reactive ketones (excluding diaryl/α,β-unsaturated/α-hetero) is 1. The highest BCUT2D eigenvalue weighted by atomic mass is 16.5. The summed E-state index contributed by atoms with van der Waals surface area (Å²) in [5.41, 5.74) is 0.419. The van der Waals surface area contributed by atoms with Crippen LogP contribution in [0.4, 0.5) is 0 Å². The summed E-state index contributed by atoms with van der Waals surface area (Å²) in [6.45, 7) is 9.66. The number of ether oxygens (including phenoxy) is 1. The van der Waals surface area contributed by atoms with E-state index in [0.29, 0.717) is 35.0 Å². The van der Waals surface area contributed by atoms with Crippen molar-refractivity contribution in [1.29, 1.82) is 0 Å². The van der Waals surface area contributed by atoms with Crippen LogP contribution in [0.3, 0.4) is 0 Å². The van der Waals surface area contributed by atoms with E-state index in [1.807, 2.05) is 0 Å². The summed E-state index contributed by atoms with van der Waals surface area (Å²) < 4.78 is 5.61. The fourth-order valence-corrected chi connectivity index (χ4v) is 4.76. The molecule has 4 saturated carbocycles. The molecule has 3 heteroatoms. The Morgan fingerprint density at radius 3 is 2.58 bits per heavy atom. The molecule has 0 aromatic rings. The smallest absolute Gasteiger partial charge is 0.333 e. The van der Waals surface area contributed by atoms with Gasteiger partial charge in [0.05, 0.1) is 5.92 Å². The second-order valence-electron chi connectivity index (χ2n) is 6.80. The minimum atomic E-state index is -0.342. The van der Waals surface area contributed by atoms with Crippen molar-refractivity contribution in [3.8, 4) is 0 Å². The van der Waals surface area contributed by atoms with E-state index in [2.05, 4.69) is 20.4 Å². The number of esters is 1. The van der Waals surface area contributed by atoms with Crippen molar-refractivity contribution in [2.24, 2.45) is 35.5 Å². The van der Waals surface area contributed by atoms with Crippen LogP contribution in [0.5, 0.6) is 0 Å². The molecule has 0 amide bonds. The van der Waals surface area contributed by atoms with Gasteiger partial charge in [-0.3, -0.25) is 4.79 Å². The molecule has 0 spiro atoms. The molecule has 4 bridgehead atoms. The van der Waals surface area contributed by atoms with Gasteiger partial charge in [0.1, 0.15) is 11.9 Å². The Morgan fingerprint density at radius 1 is 1.26 bits per heavy atom. The van der Waals surface area contributed by atoms with Gasteiger partial charge in [-0.05, 0) is 43.4 Å². The van der Waals surface area contributed by atoms with Crippen molar-refractivity contribution in [2.45, 2.75) is 39.7 Å². The van der Waals surface area contributed by atoms with Crippen LogP contribution in [0, 0.1) is 35.5 Å². The first kappa shape index (κ1) is 12.9. The lowest BCUT2D eigenvalue weighted by atomic mass is 9.47. The molecule has 7 unspecified atom stereocenters. The van der Waals surface area contributed by atoms with Gasteiger partial charge in [0.2, 0.25) is 0 Å². The summed E-state index contributed by atoms with van der Waals surface area (Å²) in [7, 11) is 0. The predicted octanol–water partition coefficient (Wildman–Crippen LogP) is 2.60. The minimum Gasteiger partial charge on any atom is -0.458 e. The van der Waals surface area contributed by atoms with Crippen LogP contribution in [0.25, 0.3) is 0 Å². The van der Waals surface area contributed by atoms with Crippen molar-refractivity contribution >= 4 is 11.8 Å². The molecule has 0 aliphatic heterocycles. The molecule has 4 aliphatic carbocycles. The molecular weight excluding hydrogens is 240 g/mol. The van der Waals surface area contributed by atoms with Crippen molar-refractivity contribution in [1.82, 2.24) is 0 Å². The maximum absolute atomic E-state index is 12.5. The van der Waals surface area contributed by atoms with Crippen molar-refractivity contribution in [3.63, 3.8) is 0 Å². The maximum Gasteiger partial charge on any atom is 0.333 e. The van der Waals surface area contributed by atoms with E-state index in [1.54, 1.807) is 6.92 Å². The van der Waals surface area contributed by atoms with Crippen molar-refractivity contribution in [3.05, 3.63) is 12.2 Å². The topological polar surface area (TPSA) is 43.4 Å². The van der Waals surface area contributed by atoms with E-state index in [9.17, 15) is 9.59 Å². The number of hydrogen-bond donors (Lipinski definition) is 0. The van der Waals surface area contributed by atoms with Crippen LogP contribution in [0.2, 0.25) is 0 Å². The lowest BCUT2D eigenvalue weighted by Crippen LogP contribution is -2.62. The zero-order chi connectivity index (χ0) is 13.9. The molecule has 19 heavy (non-hydrogen) atoms. The summed E-state index contributed by atoms with van der Waals surface area (Å²) in [6, 6.07) is 0. The van der Waals surface area contributed by atoms with Gasteiger partial charge >= 0.3 is 5.97 Å². The highest BCUT2D eigenvalue weighted by Gasteiger charge is 2.60. The standard InChI is InChI=1S/C16H22O3/c1-7(2)16(18)19-15-10-5-11-8(3)12(6-10)14(17)13(15)9(11)4/h8-13,15H,1,5-6H2,2-4H3. The lowest BCUT2D eigenvalue weighted by Gasteiger charge is -2.58. The van der Waals surface area contributed by atoms with Crippen molar-refractivity contribution < 1.29 is 14.3 Å². The molecule has 7 atom stereocenters. The van der Waals surface area contributed by atoms with Crippen LogP contribution in [-0.4, -0.2) is 17.9 Å². The molecule has 0 N–H and O–H groups in total. The SMILES string of the molecule is C=C(C)C(=O)OC1C2CC3C(=O)C1C(C)C(C2)C3C. The Labute approximate surface area is 114 Å². The number of carbonyl (C=O) groups excluding carboxylic acids is 2. The highest BCUT2D eigenvalue weighted by molar-refractivity contribution is 5.89. The van der Waals surface area contributed by atoms with E-state index in [-0.39, 0.29) is 23.9 Å². The number of rotatable bonds is 2. The first-order valence-corrected chi connectivity index (χ1v) is 7.32. The zero-order valence-corrected chi connectivity index (χ0v) is 11.9. The summed E-state index contributed by atoms with van der Waals surface area (Å²) >= 11 is 0. The largest absolute Gasteiger partial charge is 0.458 e. The van der Waals surface area contributed by atoms with Gasteiger partial charge in [0.25, 0.3) is 0 Å². The average Bonchev–Trinajstić information content (AvgIpc) is 2.35. The van der Waals surface area contributed by atoms with Gasteiger partial charge < -0.3 is 4.74 Å². The molecule has 3 nitrogen and oxygen atoms in total. The van der Waals surface area contributed by atoms with E-state index < -0.39 is 0 Å². The molecular formula is C16H22O3. The van der Waals surface area contributed by atoms with Crippen LogP contribution < -0.4 is 0 Å². The van der Waals surface area contributed by atoms with Gasteiger partial charge in [0, 0.05) is 11.5 Å². The average molecular weight is 262 g/mol. The number of hydrogen-bond acceptors (Lipinski definition) is 3. The molecule has 4 aliphatic rings. The maximum atomic E-state index is 12.5. The van der Waals surface area contributed by atoms with Crippen LogP contribution in [0.15, 0.2) is 12.2 Å². The van der Waals surface area contributed by atoms with E-state index in [0.717, 1.165) is 12.8 Å². The minimum absolute atomic E-state index is 0.0676. The van der Waals surface area contributed by atoms with Gasteiger partial charge in [-0.1, -0.05) is 20.4 Å². The predicted molar refractivity (Wildman–Crippen MR) is 71.2 cm³/mol. The third-order valence-corrected chi connectivity index (χ3v) is 5.79. The third kappa shape index (κ3) is 1.70. The van der Waals surface area contributed by atoms with Gasteiger partial charge in [-0.15, -0.1) is 0 Å². The van der Waals surface area contributed by atoms with Crippen LogP contribution in [-0.2, 0) is 14.3 Å². The molecule has 0 heterocycles. The fourth-order valence-electron chi connectivity index (χ4n) is 4.76. The first-order valence-electron chi connectivity index (χ1n) is 7.32. The molecule has 4 rings (SSSR count). The van der Waals surface area contributed by atoms with Gasteiger partial charge in [0.15, 0.2) is 0 Å². The number of carbonyl (C=O) groups is 2. The fraction of sp³-hybridized carbons (Fsp3) is 0.750. The Kier molecular flexibility index (Phi) is 2.84. The second kappa shape index (κ2) is 4.19. The molecule has 0 aromatic heterocycles. The van der Waals surface area contributed by atoms with Gasteiger partial charge in [-0.2, -0.15) is 0 Å². The quantitative estimate of drug-likeness (QED) is 0.567. The first-order chi connectivity index (χ1) is 8.91. The van der Waals surface area contributed by atoms with Crippen LogP contribution >= 0.6 is 0 Å². The van der Waals surface area contributed by atoms with Crippen LogP contribution in [0.1, 0.15) is 33.6 Å². The Bertz CT molecular complexity index is 453. The molecule has 0 saturated heterocycles. The van der Waals surface area contributed by atoms with E-state index in [1.165, 1.54) is 0 Å². The Hall–Kier alpha value is -1.12. The van der Waals surface area contributed by atoms with Crippen molar-refractivity contribution in [2.75, 3.05) is 0 Å². The second-order valence-corrected chi connectivity index (χ2v) is 6.80. The zero-order valence-electron chi connectivity index (χ0n) is 11.9. The third-order valence-electron chi connectivity index (χ3n) is 5.79. The summed E-state index contributed by atoms with van der Waals surface area (Å²) in [5, 5.41) is 0. The highest BCUT2D eigenvalue weighted by Crippen LogP contribution is 2.58. The summed E-state index contributed by atoms with van der Waals surface area (Å²) in [5.74, 6) is 2.01. The monoisotopic (exact) mass is 262 g/mol. The number of ketones is 1. The lowest BCUT2D eigenvalue weighted by molar-refractivity contribution is -0.188. The molecule has 0 aromatic carbocycles. The Morgan fingerprint density at radius 2 is 1.95 bits per heavy atom. The Balaban J connectivity index is 1.87. The molecule has 0 radical (unpaired) electrons. The summed E-state index contributed by atoms with van der Waals surface area (Å²) in [4.78, 5) is 24.3. The normalized spacial score (nSPS) is 47.3. The molecule has 4 fully saturated rings. The van der Waals surface area contributed by atoms with Gasteiger partial charge in [-0.25, -0.2) is 4.79 Å². The van der Waals surface area contributed by atoms with E-state index >= 15 is 0 Å². The molecule has 104 valence electrons.